The van der Waals surface area contributed by atoms with Gasteiger partial charge in [0.2, 0.25) is 0 Å². The third-order valence-corrected chi connectivity index (χ3v) is 4.36. The van der Waals surface area contributed by atoms with Gasteiger partial charge in [-0.25, -0.2) is 0 Å². The van der Waals surface area contributed by atoms with Gasteiger partial charge in [-0.1, -0.05) is 0 Å². The van der Waals surface area contributed by atoms with Gasteiger partial charge in [0.1, 0.15) is 0 Å². The summed E-state index contributed by atoms with van der Waals surface area (Å²) in [5.74, 6) is 0. The molecule has 3 nitrogen and oxygen atoms in total. The molecule has 0 rings (SSSR count). The maximum absolute atomic E-state index is 9.00. The Balaban J connectivity index is 3.71. The molecule has 0 aliphatic heterocycles. The van der Waals surface area contributed by atoms with Crippen molar-refractivity contribution in [2.24, 2.45) is 0 Å². The number of nitrogens with zero attached hydrogens (tertiary/aromatic N) is 1. The van der Waals surface area contributed by atoms with Gasteiger partial charge in [-0.05, 0) is 0 Å². The first kappa shape index (κ1) is 8.74. The van der Waals surface area contributed by atoms with E-state index in [2.05, 4.69) is 9.39 Å². The molecular weight excluding hydrogens is 144 g/mol. The molecule has 0 saturated heterocycles. The molecule has 0 aromatic heterocycles. The van der Waals surface area contributed by atoms with Crippen molar-refractivity contribution in [3.63, 3.8) is 0 Å². The molecule has 0 radical (unpaired) electrons. The van der Waals surface area contributed by atoms with Crippen LogP contribution in [-0.4, -0.2) is 27.4 Å². The molecule has 1 unspecified atom stereocenters. The zero-order chi connectivity index (χ0) is 6.78. The first-order valence-electron chi connectivity index (χ1n) is 2.44. The van der Waals surface area contributed by atoms with Crippen LogP contribution < -0.4 is 0 Å². The summed E-state index contributed by atoms with van der Waals surface area (Å²) in [5, 5.41) is 0. The minimum absolute atomic E-state index is 0.438. The summed E-state index contributed by atoms with van der Waals surface area (Å²) in [6.45, 7) is 1.76. The summed E-state index contributed by atoms with van der Waals surface area (Å²) in [5.41, 5.74) is 0. The van der Waals surface area contributed by atoms with Crippen molar-refractivity contribution in [2.45, 2.75) is 6.92 Å². The van der Waals surface area contributed by atoms with Crippen LogP contribution in [0, 0.1) is 0 Å². The Morgan fingerprint density at radius 2 is 2.00 bits per heavy atom. The van der Waals surface area contributed by atoms with Gasteiger partial charge in [-0.15, -0.1) is 0 Å². The van der Waals surface area contributed by atoms with Crippen molar-refractivity contribution >= 4 is 17.3 Å². The Kier molecular flexibility index (Phi) is 3.33. The van der Waals surface area contributed by atoms with Crippen LogP contribution >= 0.6 is 17.3 Å². The van der Waals surface area contributed by atoms with Gasteiger partial charge in [0.05, 0.1) is 0 Å². The predicted octanol–water partition coefficient (Wildman–Crippen LogP) is 0.208. The summed E-state index contributed by atoms with van der Waals surface area (Å²) in [7, 11) is 0.924. The average Bonchev–Trinajstić information content (AvgIpc) is 1.67. The molecule has 2 N–H and O–H groups in total. The second-order valence-corrected chi connectivity index (χ2v) is 5.99. The van der Waals surface area contributed by atoms with Crippen LogP contribution in [0.2, 0.25) is 0 Å². The van der Waals surface area contributed by atoms with Gasteiger partial charge in [0.15, 0.2) is 0 Å². The van der Waals surface area contributed by atoms with Gasteiger partial charge in [-0.3, -0.25) is 0 Å². The normalized spacial score (nSPS) is 14.8. The van der Waals surface area contributed by atoms with Crippen molar-refractivity contribution in [2.75, 3.05) is 13.2 Å². The fourth-order valence-corrected chi connectivity index (χ4v) is 1.30. The van der Waals surface area contributed by atoms with Crippen molar-refractivity contribution in [1.82, 2.24) is 4.44 Å². The van der Waals surface area contributed by atoms with Gasteiger partial charge in [0, 0.05) is 0 Å². The van der Waals surface area contributed by atoms with E-state index in [1.165, 1.54) is 4.44 Å². The molecule has 0 aliphatic rings. The van der Waals surface area contributed by atoms with Gasteiger partial charge in [0.25, 0.3) is 0 Å². The Morgan fingerprint density at radius 1 is 1.62 bits per heavy atom. The van der Waals surface area contributed by atoms with E-state index in [1.807, 2.05) is 0 Å². The molecule has 0 spiro atoms. The van der Waals surface area contributed by atoms with Crippen molar-refractivity contribution in [1.29, 1.82) is 0 Å². The minimum atomic E-state index is -2.96. The Hall–Kier alpha value is 0.740. The topological polar surface area (TPSA) is 43.7 Å². The Morgan fingerprint density at radius 3 is 2.00 bits per heavy atom. The van der Waals surface area contributed by atoms with Crippen LogP contribution in [0.25, 0.3) is 0 Å². The fourth-order valence-electron chi connectivity index (χ4n) is 0.249. The molecule has 0 fully saturated rings. The maximum atomic E-state index is 9.00. The molecule has 52 valence electrons. The van der Waals surface area contributed by atoms with E-state index in [0.717, 1.165) is 0 Å². The summed E-state index contributed by atoms with van der Waals surface area (Å²) in [6, 6.07) is 0. The van der Waals surface area contributed by atoms with Crippen molar-refractivity contribution in [3.8, 4) is 0 Å². The van der Waals surface area contributed by atoms with Crippen LogP contribution in [0.5, 0.6) is 0 Å². The second kappa shape index (κ2) is 3.05. The first-order valence-corrected chi connectivity index (χ1v) is 5.00. The van der Waals surface area contributed by atoms with E-state index in [-0.39, 0.29) is 0 Å². The molecule has 0 saturated carbocycles. The van der Waals surface area contributed by atoms with Crippen LogP contribution in [0.3, 0.4) is 0 Å². The third-order valence-electron chi connectivity index (χ3n) is 1.04. The summed E-state index contributed by atoms with van der Waals surface area (Å²) >= 11 is 0. The summed E-state index contributed by atoms with van der Waals surface area (Å²) < 4.78 is 1.41. The number of hydrogen-bond donors (Lipinski definition) is 2. The summed E-state index contributed by atoms with van der Waals surface area (Å²) in [6.07, 6.45) is 0.438. The molecule has 0 aromatic carbocycles. The number of rotatable bonds is 2. The van der Waals surface area contributed by atoms with E-state index < -0.39 is 7.87 Å². The molecule has 8 heavy (non-hydrogen) atoms. The molecule has 0 heterocycles. The molecule has 0 aromatic rings. The molecule has 0 aliphatic carbocycles. The van der Waals surface area contributed by atoms with Crippen molar-refractivity contribution < 1.29 is 9.79 Å². The zero-order valence-electron chi connectivity index (χ0n) is 5.13. The van der Waals surface area contributed by atoms with E-state index in [9.17, 15) is 0 Å². The molecule has 1 atom stereocenters. The Labute approximate surface area is 52.5 Å². The monoisotopic (exact) mass is 157 g/mol. The van der Waals surface area contributed by atoms with E-state index >= 15 is 0 Å². The average molecular weight is 157 g/mol. The zero-order valence-corrected chi connectivity index (χ0v) is 7.28. The predicted molar refractivity (Wildman–Crippen MR) is 40.8 cm³/mol. The van der Waals surface area contributed by atoms with Crippen molar-refractivity contribution in [3.05, 3.63) is 0 Å². The van der Waals surface area contributed by atoms with Crippen LogP contribution in [0.1, 0.15) is 6.92 Å². The fraction of sp³-hybridized carbons (Fsp3) is 1.00. The quantitative estimate of drug-likeness (QED) is 0.563. The molecule has 0 amide bonds. The standard InChI is InChI=1S/C3H13NO2P2/c1-3-8(5,6)4(2)7/h5-6,8H,3,7H2,1-2H3. The molecule has 5 heteroatoms. The Bertz CT molecular complexity index is 75.7. The van der Waals surface area contributed by atoms with E-state index in [1.54, 1.807) is 14.0 Å². The van der Waals surface area contributed by atoms with Gasteiger partial charge >= 0.3 is 51.6 Å². The SMILES string of the molecule is CC[PH](O)(O)N(C)P. The van der Waals surface area contributed by atoms with Crippen LogP contribution in [0.15, 0.2) is 0 Å². The first-order chi connectivity index (χ1) is 3.50. The molecule has 0 bridgehead atoms. The van der Waals surface area contributed by atoms with E-state index in [0.29, 0.717) is 6.16 Å². The van der Waals surface area contributed by atoms with E-state index in [4.69, 9.17) is 9.79 Å². The van der Waals surface area contributed by atoms with Gasteiger partial charge in [-0.2, -0.15) is 0 Å². The second-order valence-electron chi connectivity index (χ2n) is 1.74. The number of hydrogen-bond acceptors (Lipinski definition) is 3. The summed E-state index contributed by atoms with van der Waals surface area (Å²) in [4.78, 5) is 18.0. The van der Waals surface area contributed by atoms with Crippen LogP contribution in [0.4, 0.5) is 0 Å². The van der Waals surface area contributed by atoms with Gasteiger partial charge < -0.3 is 0 Å². The third kappa shape index (κ3) is 2.34. The molecular formula is C3H13NO2P2. The van der Waals surface area contributed by atoms with Crippen LogP contribution in [-0.2, 0) is 0 Å².